The fourth-order valence-corrected chi connectivity index (χ4v) is 4.84. The zero-order chi connectivity index (χ0) is 19.8. The van der Waals surface area contributed by atoms with Crippen molar-refractivity contribution >= 4 is 56.8 Å². The van der Waals surface area contributed by atoms with Gasteiger partial charge in [0.2, 0.25) is 0 Å². The number of carbonyl (C=O) groups excluding carboxylic acids is 2. The highest BCUT2D eigenvalue weighted by Crippen LogP contribution is 2.36. The molecule has 2 aliphatic heterocycles. The summed E-state index contributed by atoms with van der Waals surface area (Å²) in [4.78, 5) is 28.7. The minimum Gasteiger partial charge on any atom is -0.312 e. The molecule has 28 heavy (non-hydrogen) atoms. The van der Waals surface area contributed by atoms with E-state index in [1.807, 2.05) is 12.1 Å². The molecule has 0 saturated carbocycles. The van der Waals surface area contributed by atoms with E-state index >= 15 is 0 Å². The molecule has 0 radical (unpaired) electrons. The van der Waals surface area contributed by atoms with Crippen molar-refractivity contribution in [1.82, 2.24) is 4.90 Å². The Labute approximate surface area is 182 Å². The maximum absolute atomic E-state index is 13.0. The van der Waals surface area contributed by atoms with E-state index in [2.05, 4.69) is 28.1 Å². The molecule has 2 aromatic carbocycles. The number of fused-ring (bicyclic) bond motifs is 1. The number of aryl methyl sites for hydroxylation is 1. The van der Waals surface area contributed by atoms with E-state index in [1.54, 1.807) is 23.1 Å². The Morgan fingerprint density at radius 2 is 1.71 bits per heavy atom. The molecule has 2 unspecified atom stereocenters. The monoisotopic (exact) mass is 480 g/mol. The summed E-state index contributed by atoms with van der Waals surface area (Å²) in [5, 5.41) is 0.806. The van der Waals surface area contributed by atoms with Crippen LogP contribution in [-0.4, -0.2) is 29.4 Å². The predicted molar refractivity (Wildman–Crippen MR) is 115 cm³/mol. The minimum absolute atomic E-state index is 0.184. The van der Waals surface area contributed by atoms with Crippen molar-refractivity contribution in [2.45, 2.75) is 31.7 Å². The molecule has 2 aromatic rings. The van der Waals surface area contributed by atoms with Gasteiger partial charge in [-0.15, -0.1) is 0 Å². The number of hydrogen-bond donors (Lipinski definition) is 0. The van der Waals surface area contributed by atoms with Crippen LogP contribution in [0.5, 0.6) is 0 Å². The molecule has 2 heterocycles. The third kappa shape index (κ3) is 3.93. The van der Waals surface area contributed by atoms with Crippen LogP contribution in [0.1, 0.15) is 24.8 Å². The molecule has 2 fully saturated rings. The van der Waals surface area contributed by atoms with Crippen LogP contribution in [0.15, 0.2) is 46.9 Å². The summed E-state index contributed by atoms with van der Waals surface area (Å²) in [7, 11) is 0. The average molecular weight is 482 g/mol. The van der Waals surface area contributed by atoms with Crippen LogP contribution in [0, 0.1) is 5.92 Å². The highest BCUT2D eigenvalue weighted by atomic mass is 79.9. The van der Waals surface area contributed by atoms with Gasteiger partial charge in [0.15, 0.2) is 0 Å². The normalized spacial score (nSPS) is 22.0. The lowest BCUT2D eigenvalue weighted by Gasteiger charge is -2.32. The quantitative estimate of drug-likeness (QED) is 0.507. The van der Waals surface area contributed by atoms with Gasteiger partial charge in [0.25, 0.3) is 5.91 Å². The highest BCUT2D eigenvalue weighted by Gasteiger charge is 2.48. The van der Waals surface area contributed by atoms with Crippen molar-refractivity contribution in [3.8, 4) is 0 Å². The topological polar surface area (TPSA) is 40.6 Å². The number of nitrogens with zero attached hydrogens (tertiary/aromatic N) is 2. The van der Waals surface area contributed by atoms with Gasteiger partial charge in [0.1, 0.15) is 6.04 Å². The molecule has 2 saturated heterocycles. The highest BCUT2D eigenvalue weighted by molar-refractivity contribution is 9.10. The number of halogens is 3. The van der Waals surface area contributed by atoms with E-state index < -0.39 is 6.04 Å². The maximum atomic E-state index is 13.0. The zero-order valence-corrected chi connectivity index (χ0v) is 18.2. The van der Waals surface area contributed by atoms with Crippen molar-refractivity contribution in [1.29, 1.82) is 0 Å². The van der Waals surface area contributed by atoms with Crippen molar-refractivity contribution in [3.05, 3.63) is 62.5 Å². The van der Waals surface area contributed by atoms with Crippen molar-refractivity contribution < 1.29 is 9.59 Å². The summed E-state index contributed by atoms with van der Waals surface area (Å²) in [5.41, 5.74) is 1.72. The van der Waals surface area contributed by atoms with Crippen molar-refractivity contribution in [2.24, 2.45) is 5.92 Å². The summed E-state index contributed by atoms with van der Waals surface area (Å²) in [6.07, 6.45) is 3.60. The molecule has 0 bridgehead atoms. The molecule has 4 nitrogen and oxygen atoms in total. The zero-order valence-electron chi connectivity index (χ0n) is 15.1. The van der Waals surface area contributed by atoms with Gasteiger partial charge >= 0.3 is 6.03 Å². The van der Waals surface area contributed by atoms with E-state index in [1.165, 1.54) is 10.5 Å². The van der Waals surface area contributed by atoms with Gasteiger partial charge in [-0.3, -0.25) is 4.79 Å². The molecule has 4 rings (SSSR count). The number of carbonyl (C=O) groups is 2. The Kier molecular flexibility index (Phi) is 5.68. The SMILES string of the molecule is O=C1C2CC(CCc3ccc(Br)cc3)CCN2C(=O)N1c1cc(Cl)cc(Cl)c1. The summed E-state index contributed by atoms with van der Waals surface area (Å²) in [6, 6.07) is 12.5. The largest absolute Gasteiger partial charge is 0.332 e. The van der Waals surface area contributed by atoms with Crippen LogP contribution >= 0.6 is 39.1 Å². The molecule has 0 N–H and O–H groups in total. The molecule has 0 spiro atoms. The molecule has 0 aromatic heterocycles. The predicted octanol–water partition coefficient (Wildman–Crippen LogP) is 5.94. The van der Waals surface area contributed by atoms with Gasteiger partial charge in [-0.25, -0.2) is 9.69 Å². The first-order valence-electron chi connectivity index (χ1n) is 9.27. The van der Waals surface area contributed by atoms with E-state index in [-0.39, 0.29) is 11.9 Å². The first-order chi connectivity index (χ1) is 13.4. The number of piperidine rings is 1. The van der Waals surface area contributed by atoms with Gasteiger partial charge in [-0.05, 0) is 67.5 Å². The molecule has 2 aliphatic rings. The molecule has 146 valence electrons. The second kappa shape index (κ2) is 8.05. The Morgan fingerprint density at radius 1 is 1.04 bits per heavy atom. The first kappa shape index (κ1) is 19.7. The summed E-state index contributed by atoms with van der Waals surface area (Å²) in [5.74, 6) is 0.237. The van der Waals surface area contributed by atoms with Crippen LogP contribution in [0.25, 0.3) is 0 Å². The average Bonchev–Trinajstić information content (AvgIpc) is 2.91. The van der Waals surface area contributed by atoms with Gasteiger partial charge < -0.3 is 4.90 Å². The number of amides is 3. The van der Waals surface area contributed by atoms with Gasteiger partial charge in [0, 0.05) is 21.1 Å². The van der Waals surface area contributed by atoms with Crippen molar-refractivity contribution in [2.75, 3.05) is 11.4 Å². The Hall–Kier alpha value is -1.56. The Balaban J connectivity index is 1.46. The number of rotatable bonds is 4. The lowest BCUT2D eigenvalue weighted by Crippen LogP contribution is -2.42. The van der Waals surface area contributed by atoms with Crippen LogP contribution in [-0.2, 0) is 11.2 Å². The lowest BCUT2D eigenvalue weighted by atomic mass is 9.87. The molecule has 3 amide bonds. The smallest absolute Gasteiger partial charge is 0.312 e. The maximum Gasteiger partial charge on any atom is 0.332 e. The van der Waals surface area contributed by atoms with E-state index in [0.29, 0.717) is 34.6 Å². The molecule has 2 atom stereocenters. The van der Waals surface area contributed by atoms with Crippen LogP contribution in [0.3, 0.4) is 0 Å². The number of urea groups is 1. The van der Waals surface area contributed by atoms with Crippen molar-refractivity contribution in [3.63, 3.8) is 0 Å². The van der Waals surface area contributed by atoms with Crippen LogP contribution in [0.2, 0.25) is 10.0 Å². The summed E-state index contributed by atoms with van der Waals surface area (Å²) in [6.45, 7) is 0.602. The fraction of sp³-hybridized carbons (Fsp3) is 0.333. The van der Waals surface area contributed by atoms with E-state index in [0.717, 1.165) is 23.7 Å². The third-order valence-corrected chi connectivity index (χ3v) is 6.48. The number of imide groups is 1. The molecule has 0 aliphatic carbocycles. The molecule has 7 heteroatoms. The Bertz CT molecular complexity index is 899. The first-order valence-corrected chi connectivity index (χ1v) is 10.8. The van der Waals surface area contributed by atoms with E-state index in [9.17, 15) is 9.59 Å². The number of hydrogen-bond acceptors (Lipinski definition) is 2. The van der Waals surface area contributed by atoms with Crippen LogP contribution in [0.4, 0.5) is 10.5 Å². The summed E-state index contributed by atoms with van der Waals surface area (Å²) < 4.78 is 1.07. The second-order valence-corrected chi connectivity index (χ2v) is 9.14. The van der Waals surface area contributed by atoms with E-state index in [4.69, 9.17) is 23.2 Å². The minimum atomic E-state index is -0.395. The van der Waals surface area contributed by atoms with Gasteiger partial charge in [-0.2, -0.15) is 0 Å². The van der Waals surface area contributed by atoms with Gasteiger partial charge in [-0.1, -0.05) is 51.3 Å². The number of anilines is 1. The van der Waals surface area contributed by atoms with Crippen LogP contribution < -0.4 is 4.90 Å². The second-order valence-electron chi connectivity index (χ2n) is 7.35. The Morgan fingerprint density at radius 3 is 2.39 bits per heavy atom. The number of benzene rings is 2. The molecular weight excluding hydrogens is 463 g/mol. The van der Waals surface area contributed by atoms with Gasteiger partial charge in [0.05, 0.1) is 5.69 Å². The third-order valence-electron chi connectivity index (χ3n) is 5.51. The lowest BCUT2D eigenvalue weighted by molar-refractivity contribution is -0.120. The summed E-state index contributed by atoms with van der Waals surface area (Å²) >= 11 is 15.6. The molecular formula is C21H19BrCl2N2O2. The fourth-order valence-electron chi connectivity index (χ4n) is 4.06. The standard InChI is InChI=1S/C21H19BrCl2N2O2/c22-15-5-3-13(4-6-15)1-2-14-7-8-25-19(9-14)20(27)26(21(25)28)18-11-16(23)10-17(24)12-18/h3-6,10-12,14,19H,1-2,7-9H2.